The molecule has 6 nitrogen and oxygen atoms in total. The molecule has 2 aromatic rings. The summed E-state index contributed by atoms with van der Waals surface area (Å²) in [6, 6.07) is 3.09. The first kappa shape index (κ1) is 13.5. The second kappa shape index (κ2) is 5.36. The van der Waals surface area contributed by atoms with E-state index in [-0.39, 0.29) is 11.1 Å². The maximum Gasteiger partial charge on any atom is 0.249 e. The van der Waals surface area contributed by atoms with Crippen LogP contribution in [-0.4, -0.2) is 27.3 Å². The van der Waals surface area contributed by atoms with E-state index in [0.29, 0.717) is 23.8 Å². The van der Waals surface area contributed by atoms with Crippen molar-refractivity contribution in [2.75, 3.05) is 6.54 Å². The fourth-order valence-corrected chi connectivity index (χ4v) is 1.56. The van der Waals surface area contributed by atoms with E-state index in [2.05, 4.69) is 41.3 Å². The Balaban J connectivity index is 1.99. The van der Waals surface area contributed by atoms with Crippen LogP contribution in [0, 0.1) is 0 Å². The van der Waals surface area contributed by atoms with Gasteiger partial charge in [0, 0.05) is 30.8 Å². The van der Waals surface area contributed by atoms with Crippen LogP contribution >= 0.6 is 0 Å². The zero-order chi connectivity index (χ0) is 13.9. The number of nitrogens with zero attached hydrogens (tertiary/aromatic N) is 2. The molecule has 0 amide bonds. The van der Waals surface area contributed by atoms with E-state index >= 15 is 0 Å². The molecule has 2 rings (SSSR count). The van der Waals surface area contributed by atoms with Crippen molar-refractivity contribution in [3.05, 3.63) is 34.6 Å². The lowest BCUT2D eigenvalue weighted by Crippen LogP contribution is -2.37. The van der Waals surface area contributed by atoms with Crippen LogP contribution in [0.15, 0.2) is 27.5 Å². The molecule has 0 aromatic carbocycles. The van der Waals surface area contributed by atoms with Gasteiger partial charge in [0.1, 0.15) is 0 Å². The van der Waals surface area contributed by atoms with Gasteiger partial charge in [-0.05, 0) is 26.8 Å². The number of hydrogen-bond donors (Lipinski definition) is 2. The van der Waals surface area contributed by atoms with Crippen molar-refractivity contribution in [2.24, 2.45) is 0 Å². The number of rotatable bonds is 4. The van der Waals surface area contributed by atoms with Crippen LogP contribution in [-0.2, 0) is 6.42 Å². The summed E-state index contributed by atoms with van der Waals surface area (Å²) in [6.07, 6.45) is 2.24. The molecule has 2 aromatic heterocycles. The average Bonchev–Trinajstić information content (AvgIpc) is 2.77. The molecular formula is C13H18N4O2. The van der Waals surface area contributed by atoms with Crippen LogP contribution in [0.2, 0.25) is 0 Å². The summed E-state index contributed by atoms with van der Waals surface area (Å²) in [7, 11) is 0. The topological polar surface area (TPSA) is 83.8 Å². The lowest BCUT2D eigenvalue weighted by Gasteiger charge is -2.19. The smallest absolute Gasteiger partial charge is 0.249 e. The summed E-state index contributed by atoms with van der Waals surface area (Å²) in [5.41, 5.74) is 0.627. The van der Waals surface area contributed by atoms with Gasteiger partial charge in [0.05, 0.1) is 5.56 Å². The predicted octanol–water partition coefficient (Wildman–Crippen LogP) is 1.36. The van der Waals surface area contributed by atoms with Gasteiger partial charge in [-0.2, -0.15) is 0 Å². The number of aromatic nitrogens is 3. The van der Waals surface area contributed by atoms with E-state index in [1.807, 2.05) is 0 Å². The second-order valence-corrected chi connectivity index (χ2v) is 5.37. The minimum absolute atomic E-state index is 0.0712. The van der Waals surface area contributed by atoms with Crippen LogP contribution in [0.3, 0.4) is 0 Å². The van der Waals surface area contributed by atoms with Gasteiger partial charge in [-0.3, -0.25) is 4.79 Å². The first-order valence-electron chi connectivity index (χ1n) is 6.20. The fraction of sp³-hybridized carbons (Fsp3) is 0.462. The predicted molar refractivity (Wildman–Crippen MR) is 71.8 cm³/mol. The summed E-state index contributed by atoms with van der Waals surface area (Å²) in [6.45, 7) is 7.09. The third-order valence-corrected chi connectivity index (χ3v) is 2.49. The molecule has 0 bridgehead atoms. The Morgan fingerprint density at radius 2 is 2.11 bits per heavy atom. The molecule has 2 heterocycles. The summed E-state index contributed by atoms with van der Waals surface area (Å²) >= 11 is 0. The lowest BCUT2D eigenvalue weighted by atomic mass is 10.1. The third kappa shape index (κ3) is 4.03. The van der Waals surface area contributed by atoms with Crippen molar-refractivity contribution in [3.63, 3.8) is 0 Å². The van der Waals surface area contributed by atoms with Crippen molar-refractivity contribution in [2.45, 2.75) is 32.7 Å². The standard InChI is InChI=1S/C13H18N4O2/c1-13(2,3)15-7-6-11-16-17-12(19-11)9-4-5-10(18)14-8-9/h4-5,8,15H,6-7H2,1-3H3,(H,14,18). The second-order valence-electron chi connectivity index (χ2n) is 5.37. The Morgan fingerprint density at radius 3 is 2.74 bits per heavy atom. The molecule has 0 aliphatic carbocycles. The maximum absolute atomic E-state index is 11.0. The summed E-state index contributed by atoms with van der Waals surface area (Å²) in [5, 5.41) is 11.3. The minimum Gasteiger partial charge on any atom is -0.421 e. The molecule has 6 heteroatoms. The highest BCUT2D eigenvalue weighted by atomic mass is 16.4. The van der Waals surface area contributed by atoms with E-state index in [4.69, 9.17) is 4.42 Å². The normalized spacial score (nSPS) is 11.7. The number of pyridine rings is 1. The summed E-state index contributed by atoms with van der Waals surface area (Å²) in [5.74, 6) is 1.000. The van der Waals surface area contributed by atoms with Crippen LogP contribution in [0.5, 0.6) is 0 Å². The van der Waals surface area contributed by atoms with Crippen molar-refractivity contribution in [1.82, 2.24) is 20.5 Å². The molecule has 0 saturated carbocycles. The minimum atomic E-state index is -0.155. The summed E-state index contributed by atoms with van der Waals surface area (Å²) < 4.78 is 5.54. The molecule has 0 radical (unpaired) electrons. The molecule has 2 N–H and O–H groups in total. The quantitative estimate of drug-likeness (QED) is 0.869. The van der Waals surface area contributed by atoms with Crippen LogP contribution in [0.4, 0.5) is 0 Å². The fourth-order valence-electron chi connectivity index (χ4n) is 1.56. The number of H-pyrrole nitrogens is 1. The largest absolute Gasteiger partial charge is 0.421 e. The van der Waals surface area contributed by atoms with Gasteiger partial charge in [0.15, 0.2) is 0 Å². The highest BCUT2D eigenvalue weighted by Crippen LogP contribution is 2.15. The number of aromatic amines is 1. The molecule has 19 heavy (non-hydrogen) atoms. The Kier molecular flexibility index (Phi) is 3.80. The zero-order valence-corrected chi connectivity index (χ0v) is 11.4. The van der Waals surface area contributed by atoms with Gasteiger partial charge in [0.2, 0.25) is 17.3 Å². The van der Waals surface area contributed by atoms with Gasteiger partial charge >= 0.3 is 0 Å². The SMILES string of the molecule is CC(C)(C)NCCc1nnc(-c2ccc(=O)[nH]c2)o1. The van der Waals surface area contributed by atoms with Gasteiger partial charge in [-0.25, -0.2) is 0 Å². The molecule has 0 aliphatic rings. The molecule has 0 spiro atoms. The molecule has 102 valence electrons. The van der Waals surface area contributed by atoms with Gasteiger partial charge in [-0.15, -0.1) is 10.2 Å². The highest BCUT2D eigenvalue weighted by Gasteiger charge is 2.11. The number of hydrogen-bond acceptors (Lipinski definition) is 5. The van der Waals surface area contributed by atoms with Crippen molar-refractivity contribution >= 4 is 0 Å². The van der Waals surface area contributed by atoms with Crippen LogP contribution < -0.4 is 10.9 Å². The first-order chi connectivity index (χ1) is 8.94. The molecule has 0 atom stereocenters. The number of nitrogens with one attached hydrogen (secondary N) is 2. The van der Waals surface area contributed by atoms with Gasteiger partial charge < -0.3 is 14.7 Å². The van der Waals surface area contributed by atoms with Crippen LogP contribution in [0.1, 0.15) is 26.7 Å². The van der Waals surface area contributed by atoms with Crippen LogP contribution in [0.25, 0.3) is 11.5 Å². The van der Waals surface area contributed by atoms with E-state index in [1.165, 1.54) is 6.07 Å². The zero-order valence-electron chi connectivity index (χ0n) is 11.4. The average molecular weight is 262 g/mol. The Morgan fingerprint density at radius 1 is 1.32 bits per heavy atom. The molecule has 0 unspecified atom stereocenters. The molecular weight excluding hydrogens is 244 g/mol. The Hall–Kier alpha value is -1.95. The third-order valence-electron chi connectivity index (χ3n) is 2.49. The van der Waals surface area contributed by atoms with Crippen molar-refractivity contribution in [3.8, 4) is 11.5 Å². The highest BCUT2D eigenvalue weighted by molar-refractivity contribution is 5.49. The van der Waals surface area contributed by atoms with E-state index in [9.17, 15) is 4.79 Å². The van der Waals surface area contributed by atoms with Crippen molar-refractivity contribution in [1.29, 1.82) is 0 Å². The van der Waals surface area contributed by atoms with E-state index in [0.717, 1.165) is 6.54 Å². The Bertz CT molecular complexity index is 575. The molecule has 0 fully saturated rings. The van der Waals surface area contributed by atoms with Gasteiger partial charge in [0.25, 0.3) is 0 Å². The first-order valence-corrected chi connectivity index (χ1v) is 6.20. The lowest BCUT2D eigenvalue weighted by molar-refractivity contribution is 0.412. The molecule has 0 saturated heterocycles. The maximum atomic E-state index is 11.0. The van der Waals surface area contributed by atoms with Crippen molar-refractivity contribution < 1.29 is 4.42 Å². The van der Waals surface area contributed by atoms with Gasteiger partial charge in [-0.1, -0.05) is 0 Å². The Labute approximate surface area is 111 Å². The van der Waals surface area contributed by atoms with E-state index < -0.39 is 0 Å². The van der Waals surface area contributed by atoms with E-state index in [1.54, 1.807) is 12.3 Å². The molecule has 0 aliphatic heterocycles. The monoisotopic (exact) mass is 262 g/mol. The summed E-state index contributed by atoms with van der Waals surface area (Å²) in [4.78, 5) is 13.5.